The summed E-state index contributed by atoms with van der Waals surface area (Å²) in [4.78, 5) is 8.05. The molecule has 0 bridgehead atoms. The molecule has 5 nitrogen and oxygen atoms in total. The zero-order chi connectivity index (χ0) is 11.7. The lowest BCUT2D eigenvalue weighted by Crippen LogP contribution is -1.98. The third-order valence-electron chi connectivity index (χ3n) is 2.53. The lowest BCUT2D eigenvalue weighted by Gasteiger charge is -2.08. The number of nitrogens with zero attached hydrogens (tertiary/aromatic N) is 4. The van der Waals surface area contributed by atoms with Gasteiger partial charge in [0.05, 0.1) is 24.0 Å². The normalized spacial score (nSPS) is 10.6. The molecule has 5 heteroatoms. The highest BCUT2D eigenvalue weighted by atomic mass is 15.0. The van der Waals surface area contributed by atoms with Crippen LogP contribution < -0.4 is 5.73 Å². The summed E-state index contributed by atoms with van der Waals surface area (Å²) in [6, 6.07) is 5.84. The van der Waals surface area contributed by atoms with Crippen LogP contribution >= 0.6 is 0 Å². The van der Waals surface area contributed by atoms with Gasteiger partial charge in [-0.1, -0.05) is 0 Å². The Morgan fingerprint density at radius 3 is 1.76 bits per heavy atom. The van der Waals surface area contributed by atoms with E-state index in [4.69, 9.17) is 5.73 Å². The molecule has 84 valence electrons. The van der Waals surface area contributed by atoms with Gasteiger partial charge in [-0.15, -0.1) is 0 Å². The van der Waals surface area contributed by atoms with Crippen molar-refractivity contribution >= 4 is 5.69 Å². The van der Waals surface area contributed by atoms with Crippen molar-refractivity contribution in [3.05, 3.63) is 55.6 Å². The van der Waals surface area contributed by atoms with Crippen molar-refractivity contribution in [1.29, 1.82) is 0 Å². The number of anilines is 1. The number of hydrogen-bond donors (Lipinski definition) is 1. The molecule has 2 aromatic heterocycles. The third-order valence-corrected chi connectivity index (χ3v) is 2.53. The van der Waals surface area contributed by atoms with E-state index in [9.17, 15) is 0 Å². The second-order valence-corrected chi connectivity index (χ2v) is 3.72. The fourth-order valence-corrected chi connectivity index (χ4v) is 1.74. The van der Waals surface area contributed by atoms with E-state index in [1.807, 2.05) is 39.7 Å². The number of aromatic nitrogens is 4. The van der Waals surface area contributed by atoms with Gasteiger partial charge in [-0.05, 0) is 18.2 Å². The number of nitrogens with two attached hydrogens (primary N) is 1. The molecule has 0 fully saturated rings. The fraction of sp³-hybridized carbons (Fsp3) is 0. The first-order valence-electron chi connectivity index (χ1n) is 5.20. The van der Waals surface area contributed by atoms with Crippen molar-refractivity contribution in [2.24, 2.45) is 0 Å². The van der Waals surface area contributed by atoms with E-state index in [-0.39, 0.29) is 0 Å². The molecule has 0 unspecified atom stereocenters. The Kier molecular flexibility index (Phi) is 2.15. The maximum absolute atomic E-state index is 5.90. The van der Waals surface area contributed by atoms with Crippen molar-refractivity contribution in [2.45, 2.75) is 0 Å². The Labute approximate surface area is 98.2 Å². The Morgan fingerprint density at radius 1 is 0.824 bits per heavy atom. The lowest BCUT2D eigenvalue weighted by molar-refractivity contribution is 1.02. The van der Waals surface area contributed by atoms with E-state index >= 15 is 0 Å². The highest BCUT2D eigenvalue weighted by Gasteiger charge is 2.02. The maximum Gasteiger partial charge on any atom is 0.0991 e. The van der Waals surface area contributed by atoms with Crippen LogP contribution in [0.1, 0.15) is 0 Å². The van der Waals surface area contributed by atoms with Gasteiger partial charge in [0.25, 0.3) is 0 Å². The van der Waals surface area contributed by atoms with Gasteiger partial charge in [0.1, 0.15) is 0 Å². The Bertz CT molecular complexity index is 558. The first kappa shape index (κ1) is 9.65. The molecule has 3 rings (SSSR count). The summed E-state index contributed by atoms with van der Waals surface area (Å²) < 4.78 is 3.83. The fourth-order valence-electron chi connectivity index (χ4n) is 1.74. The molecule has 2 N–H and O–H groups in total. The molecular formula is C12H11N5. The second-order valence-electron chi connectivity index (χ2n) is 3.72. The number of hydrogen-bond acceptors (Lipinski definition) is 3. The van der Waals surface area contributed by atoms with Crippen LogP contribution in [0, 0.1) is 0 Å². The van der Waals surface area contributed by atoms with Crippen molar-refractivity contribution in [3.63, 3.8) is 0 Å². The summed E-state index contributed by atoms with van der Waals surface area (Å²) in [6.45, 7) is 0. The van der Waals surface area contributed by atoms with Crippen molar-refractivity contribution < 1.29 is 0 Å². The molecule has 0 saturated carbocycles. The van der Waals surface area contributed by atoms with Crippen LogP contribution in [0.15, 0.2) is 55.6 Å². The van der Waals surface area contributed by atoms with E-state index in [0.717, 1.165) is 11.4 Å². The number of imidazole rings is 2. The zero-order valence-corrected chi connectivity index (χ0v) is 9.06. The smallest absolute Gasteiger partial charge is 0.0991 e. The zero-order valence-electron chi connectivity index (χ0n) is 9.06. The molecule has 1 aromatic carbocycles. The van der Waals surface area contributed by atoms with Crippen LogP contribution in [0.5, 0.6) is 0 Å². The third kappa shape index (κ3) is 1.78. The summed E-state index contributed by atoms with van der Waals surface area (Å²) in [5, 5.41) is 0. The minimum Gasteiger partial charge on any atom is -0.399 e. The number of rotatable bonds is 2. The van der Waals surface area contributed by atoms with Crippen molar-refractivity contribution in [1.82, 2.24) is 19.1 Å². The molecule has 0 atom stereocenters. The van der Waals surface area contributed by atoms with Crippen molar-refractivity contribution in [3.8, 4) is 11.4 Å². The van der Waals surface area contributed by atoms with E-state index in [1.54, 1.807) is 25.0 Å². The van der Waals surface area contributed by atoms with Gasteiger partial charge in [0.2, 0.25) is 0 Å². The monoisotopic (exact) mass is 225 g/mol. The molecule has 0 spiro atoms. The van der Waals surface area contributed by atoms with E-state index in [0.29, 0.717) is 5.69 Å². The van der Waals surface area contributed by atoms with E-state index < -0.39 is 0 Å². The predicted octanol–water partition coefficient (Wildman–Crippen LogP) is 1.64. The number of benzene rings is 1. The molecule has 17 heavy (non-hydrogen) atoms. The molecule has 3 aromatic rings. The molecule has 0 saturated heterocycles. The average molecular weight is 225 g/mol. The molecule has 0 aliphatic rings. The maximum atomic E-state index is 5.90. The molecule has 0 amide bonds. The van der Waals surface area contributed by atoms with Gasteiger partial charge in [0, 0.05) is 30.5 Å². The molecule has 0 aliphatic carbocycles. The molecule has 0 aliphatic heterocycles. The summed E-state index contributed by atoms with van der Waals surface area (Å²) in [5.74, 6) is 0. The molecular weight excluding hydrogens is 214 g/mol. The van der Waals surface area contributed by atoms with Gasteiger partial charge in [0.15, 0.2) is 0 Å². The van der Waals surface area contributed by atoms with Crippen LogP contribution in [0.25, 0.3) is 11.4 Å². The van der Waals surface area contributed by atoms with E-state index in [2.05, 4.69) is 9.97 Å². The van der Waals surface area contributed by atoms with Gasteiger partial charge < -0.3 is 14.9 Å². The summed E-state index contributed by atoms with van der Waals surface area (Å²) in [6.07, 6.45) is 10.7. The van der Waals surface area contributed by atoms with Gasteiger partial charge in [-0.25, -0.2) is 9.97 Å². The lowest BCUT2D eigenvalue weighted by atomic mass is 10.2. The van der Waals surface area contributed by atoms with Crippen LogP contribution in [0.2, 0.25) is 0 Å². The summed E-state index contributed by atoms with van der Waals surface area (Å²) in [5.41, 5.74) is 8.57. The average Bonchev–Trinajstić information content (AvgIpc) is 3.02. The van der Waals surface area contributed by atoms with Crippen LogP contribution in [0.4, 0.5) is 5.69 Å². The van der Waals surface area contributed by atoms with Gasteiger partial charge in [-0.3, -0.25) is 0 Å². The Morgan fingerprint density at radius 2 is 1.35 bits per heavy atom. The summed E-state index contributed by atoms with van der Waals surface area (Å²) in [7, 11) is 0. The minimum atomic E-state index is 0.708. The highest BCUT2D eigenvalue weighted by molar-refractivity contribution is 5.56. The first-order valence-corrected chi connectivity index (χ1v) is 5.20. The standard InChI is InChI=1S/C12H11N5/c13-10-5-11(16-3-1-14-8-16)7-12(6-10)17-4-2-15-9-17/h1-9H,13H2. The highest BCUT2D eigenvalue weighted by Crippen LogP contribution is 2.18. The topological polar surface area (TPSA) is 61.7 Å². The second kappa shape index (κ2) is 3.79. The van der Waals surface area contributed by atoms with Crippen LogP contribution in [0.3, 0.4) is 0 Å². The van der Waals surface area contributed by atoms with Crippen LogP contribution in [-0.2, 0) is 0 Å². The molecule has 2 heterocycles. The SMILES string of the molecule is Nc1cc(-n2ccnc2)cc(-n2ccnc2)c1. The minimum absolute atomic E-state index is 0.708. The van der Waals surface area contributed by atoms with Crippen molar-refractivity contribution in [2.75, 3.05) is 5.73 Å². The Hall–Kier alpha value is -2.56. The quantitative estimate of drug-likeness (QED) is 0.674. The van der Waals surface area contributed by atoms with Crippen LogP contribution in [-0.4, -0.2) is 19.1 Å². The first-order chi connectivity index (χ1) is 8.33. The largest absolute Gasteiger partial charge is 0.399 e. The molecule has 0 radical (unpaired) electrons. The predicted molar refractivity (Wildman–Crippen MR) is 65.1 cm³/mol. The van der Waals surface area contributed by atoms with Gasteiger partial charge >= 0.3 is 0 Å². The number of nitrogen functional groups attached to an aromatic ring is 1. The van der Waals surface area contributed by atoms with E-state index in [1.165, 1.54) is 0 Å². The van der Waals surface area contributed by atoms with Gasteiger partial charge in [-0.2, -0.15) is 0 Å². The Balaban J connectivity index is 2.13. The summed E-state index contributed by atoms with van der Waals surface area (Å²) >= 11 is 0.